The number of hydrogen-bond donors (Lipinski definition) is 0. The van der Waals surface area contributed by atoms with Crippen LogP contribution in [-0.2, 0) is 6.54 Å². The van der Waals surface area contributed by atoms with Gasteiger partial charge in [-0.3, -0.25) is 4.79 Å². The van der Waals surface area contributed by atoms with Gasteiger partial charge in [-0.15, -0.1) is 0 Å². The van der Waals surface area contributed by atoms with Crippen molar-refractivity contribution in [2.75, 3.05) is 0 Å². The molecule has 0 fully saturated rings. The van der Waals surface area contributed by atoms with Gasteiger partial charge in [0, 0.05) is 29.2 Å². The Bertz CT molecular complexity index is 499. The standard InChI is InChI=1S/C15H19NO/c1-2-3-4-5-9-16-10-8-14-11-13(12-17)6-7-15(14)16/h6-8,10-12H,2-5,9H2,1H3. The van der Waals surface area contributed by atoms with Crippen molar-refractivity contribution in [1.82, 2.24) is 4.57 Å². The number of hydrogen-bond acceptors (Lipinski definition) is 1. The molecule has 2 heteroatoms. The minimum atomic E-state index is 0.751. The summed E-state index contributed by atoms with van der Waals surface area (Å²) in [6.45, 7) is 3.30. The Morgan fingerprint density at radius 1 is 1.18 bits per heavy atom. The van der Waals surface area contributed by atoms with E-state index in [1.807, 2.05) is 18.2 Å². The van der Waals surface area contributed by atoms with Crippen LogP contribution in [-0.4, -0.2) is 10.9 Å². The number of benzene rings is 1. The first-order chi connectivity index (χ1) is 8.35. The van der Waals surface area contributed by atoms with E-state index >= 15 is 0 Å². The van der Waals surface area contributed by atoms with Crippen molar-refractivity contribution in [3.05, 3.63) is 36.0 Å². The van der Waals surface area contributed by atoms with E-state index in [4.69, 9.17) is 0 Å². The molecule has 0 atom stereocenters. The second-order valence-electron chi connectivity index (χ2n) is 4.51. The maximum absolute atomic E-state index is 10.7. The third-order valence-corrected chi connectivity index (χ3v) is 3.18. The highest BCUT2D eigenvalue weighted by Gasteiger charge is 2.01. The second kappa shape index (κ2) is 5.67. The molecule has 0 radical (unpaired) electrons. The van der Waals surface area contributed by atoms with Crippen LogP contribution in [0.3, 0.4) is 0 Å². The number of carbonyl (C=O) groups excluding carboxylic acids is 1. The highest BCUT2D eigenvalue weighted by molar-refractivity contribution is 5.87. The van der Waals surface area contributed by atoms with E-state index < -0.39 is 0 Å². The van der Waals surface area contributed by atoms with Crippen molar-refractivity contribution < 1.29 is 4.79 Å². The maximum atomic E-state index is 10.7. The second-order valence-corrected chi connectivity index (χ2v) is 4.51. The summed E-state index contributed by atoms with van der Waals surface area (Å²) >= 11 is 0. The van der Waals surface area contributed by atoms with E-state index in [1.165, 1.54) is 31.2 Å². The fourth-order valence-corrected chi connectivity index (χ4v) is 2.20. The largest absolute Gasteiger partial charge is 0.347 e. The van der Waals surface area contributed by atoms with E-state index in [-0.39, 0.29) is 0 Å². The van der Waals surface area contributed by atoms with Gasteiger partial charge in [0.05, 0.1) is 0 Å². The molecular weight excluding hydrogens is 210 g/mol. The average Bonchev–Trinajstić information content (AvgIpc) is 2.77. The number of aromatic nitrogens is 1. The predicted octanol–water partition coefficient (Wildman–Crippen LogP) is 4.03. The zero-order chi connectivity index (χ0) is 12.1. The highest BCUT2D eigenvalue weighted by atomic mass is 16.1. The Hall–Kier alpha value is -1.57. The fourth-order valence-electron chi connectivity index (χ4n) is 2.20. The summed E-state index contributed by atoms with van der Waals surface area (Å²) in [4.78, 5) is 10.7. The van der Waals surface area contributed by atoms with Gasteiger partial charge in [0.2, 0.25) is 0 Å². The molecule has 17 heavy (non-hydrogen) atoms. The first kappa shape index (κ1) is 11.9. The molecule has 1 aromatic carbocycles. The number of aryl methyl sites for hydroxylation is 1. The van der Waals surface area contributed by atoms with Crippen LogP contribution in [0.2, 0.25) is 0 Å². The van der Waals surface area contributed by atoms with E-state index in [2.05, 4.69) is 23.8 Å². The van der Waals surface area contributed by atoms with Gasteiger partial charge in [-0.05, 0) is 30.7 Å². The number of aldehydes is 1. The topological polar surface area (TPSA) is 22.0 Å². The van der Waals surface area contributed by atoms with E-state index in [1.54, 1.807) is 0 Å². The summed E-state index contributed by atoms with van der Waals surface area (Å²) in [6, 6.07) is 7.96. The molecule has 0 aliphatic carbocycles. The van der Waals surface area contributed by atoms with Gasteiger partial charge in [-0.1, -0.05) is 26.2 Å². The first-order valence-electron chi connectivity index (χ1n) is 6.39. The fraction of sp³-hybridized carbons (Fsp3) is 0.400. The molecule has 0 amide bonds. The lowest BCUT2D eigenvalue weighted by Crippen LogP contribution is -1.95. The van der Waals surface area contributed by atoms with Crippen molar-refractivity contribution in [3.63, 3.8) is 0 Å². The predicted molar refractivity (Wildman–Crippen MR) is 71.5 cm³/mol. The Morgan fingerprint density at radius 2 is 2.06 bits per heavy atom. The van der Waals surface area contributed by atoms with Crippen molar-refractivity contribution in [1.29, 1.82) is 0 Å². The molecule has 1 heterocycles. The molecule has 1 aromatic heterocycles. The number of rotatable bonds is 6. The minimum absolute atomic E-state index is 0.751. The maximum Gasteiger partial charge on any atom is 0.150 e. The number of fused-ring (bicyclic) bond motifs is 1. The molecule has 90 valence electrons. The van der Waals surface area contributed by atoms with Crippen LogP contribution in [0.5, 0.6) is 0 Å². The third kappa shape index (κ3) is 2.76. The molecule has 0 unspecified atom stereocenters. The number of unbranched alkanes of at least 4 members (excludes halogenated alkanes) is 3. The number of nitrogens with zero attached hydrogens (tertiary/aromatic N) is 1. The van der Waals surface area contributed by atoms with Gasteiger partial charge in [0.15, 0.2) is 0 Å². The summed E-state index contributed by atoms with van der Waals surface area (Å²) in [5.41, 5.74) is 1.98. The Kier molecular flexibility index (Phi) is 3.97. The van der Waals surface area contributed by atoms with Crippen molar-refractivity contribution >= 4 is 17.2 Å². The lowest BCUT2D eigenvalue weighted by Gasteiger charge is -2.05. The molecule has 0 saturated heterocycles. The van der Waals surface area contributed by atoms with Crippen LogP contribution in [0.4, 0.5) is 0 Å². The van der Waals surface area contributed by atoms with Gasteiger partial charge >= 0.3 is 0 Å². The van der Waals surface area contributed by atoms with Gasteiger partial charge in [0.25, 0.3) is 0 Å². The Balaban J connectivity index is 2.10. The summed E-state index contributed by atoms with van der Waals surface area (Å²) in [5.74, 6) is 0. The zero-order valence-electron chi connectivity index (χ0n) is 10.4. The molecule has 0 aliphatic heterocycles. The smallest absolute Gasteiger partial charge is 0.150 e. The van der Waals surface area contributed by atoms with Crippen molar-refractivity contribution in [3.8, 4) is 0 Å². The van der Waals surface area contributed by atoms with Gasteiger partial charge in [-0.25, -0.2) is 0 Å². The van der Waals surface area contributed by atoms with Crippen LogP contribution in [0.1, 0.15) is 43.0 Å². The van der Waals surface area contributed by atoms with Crippen molar-refractivity contribution in [2.45, 2.75) is 39.2 Å². The molecular formula is C15H19NO. The van der Waals surface area contributed by atoms with Crippen LogP contribution in [0.15, 0.2) is 30.5 Å². The van der Waals surface area contributed by atoms with E-state index in [9.17, 15) is 4.79 Å². The molecule has 2 rings (SSSR count). The lowest BCUT2D eigenvalue weighted by molar-refractivity contribution is 0.112. The van der Waals surface area contributed by atoms with Crippen LogP contribution < -0.4 is 0 Å². The number of carbonyl (C=O) groups is 1. The van der Waals surface area contributed by atoms with E-state index in [0.717, 1.165) is 23.8 Å². The Labute approximate surface area is 102 Å². The third-order valence-electron chi connectivity index (χ3n) is 3.18. The Morgan fingerprint density at radius 3 is 2.82 bits per heavy atom. The lowest BCUT2D eigenvalue weighted by atomic mass is 10.2. The summed E-state index contributed by atoms with van der Waals surface area (Å²) in [5, 5.41) is 1.16. The highest BCUT2D eigenvalue weighted by Crippen LogP contribution is 2.18. The average molecular weight is 229 g/mol. The molecule has 0 aliphatic rings. The van der Waals surface area contributed by atoms with Gasteiger partial charge in [0.1, 0.15) is 6.29 Å². The molecule has 0 N–H and O–H groups in total. The van der Waals surface area contributed by atoms with E-state index in [0.29, 0.717) is 0 Å². The molecule has 0 bridgehead atoms. The molecule has 2 aromatic rings. The van der Waals surface area contributed by atoms with Gasteiger partial charge < -0.3 is 4.57 Å². The summed E-state index contributed by atoms with van der Waals surface area (Å²) in [6.07, 6.45) is 8.13. The van der Waals surface area contributed by atoms with Crippen LogP contribution in [0, 0.1) is 0 Å². The minimum Gasteiger partial charge on any atom is -0.347 e. The summed E-state index contributed by atoms with van der Waals surface area (Å²) in [7, 11) is 0. The zero-order valence-corrected chi connectivity index (χ0v) is 10.4. The molecule has 0 saturated carbocycles. The van der Waals surface area contributed by atoms with Crippen LogP contribution >= 0.6 is 0 Å². The summed E-state index contributed by atoms with van der Waals surface area (Å²) < 4.78 is 2.28. The van der Waals surface area contributed by atoms with Crippen LogP contribution in [0.25, 0.3) is 10.9 Å². The molecule has 2 nitrogen and oxygen atoms in total. The van der Waals surface area contributed by atoms with Gasteiger partial charge in [-0.2, -0.15) is 0 Å². The molecule has 0 spiro atoms. The SMILES string of the molecule is CCCCCCn1ccc2cc(C=O)ccc21. The quantitative estimate of drug-likeness (QED) is 0.541. The normalized spacial score (nSPS) is 10.9. The monoisotopic (exact) mass is 229 g/mol. The first-order valence-corrected chi connectivity index (χ1v) is 6.39. The van der Waals surface area contributed by atoms with Crippen molar-refractivity contribution in [2.24, 2.45) is 0 Å².